The Morgan fingerprint density at radius 2 is 1.85 bits per heavy atom. The Labute approximate surface area is 156 Å². The number of aliphatic hydroxyl groups excluding tert-OH is 1. The molecule has 1 N–H and O–H groups in total. The van der Waals surface area contributed by atoms with Crippen molar-refractivity contribution in [1.29, 1.82) is 0 Å². The molecular weight excluding hydrogens is 346 g/mol. The number of benzene rings is 2. The highest BCUT2D eigenvalue weighted by molar-refractivity contribution is 8.18. The number of rotatable bonds is 4. The van der Waals surface area contributed by atoms with Crippen molar-refractivity contribution >= 4 is 34.5 Å². The number of para-hydroxylation sites is 1. The highest BCUT2D eigenvalue weighted by atomic mass is 32.2. The largest absolute Gasteiger partial charge is 0.506 e. The first-order chi connectivity index (χ1) is 12.6. The predicted molar refractivity (Wildman–Crippen MR) is 107 cm³/mol. The lowest BCUT2D eigenvalue weighted by atomic mass is 10.1. The molecule has 0 saturated carbocycles. The smallest absolute Gasteiger partial charge is 0.344 e. The zero-order valence-corrected chi connectivity index (χ0v) is 15.4. The average Bonchev–Trinajstić information content (AvgIpc) is 2.93. The first-order valence-electron chi connectivity index (χ1n) is 8.30. The molecule has 0 fully saturated rings. The van der Waals surface area contributed by atoms with Gasteiger partial charge in [0, 0.05) is 0 Å². The number of ether oxygens (including phenoxy) is 1. The molecule has 0 bridgehead atoms. The summed E-state index contributed by atoms with van der Waals surface area (Å²) in [4.78, 5) is 17.6. The average molecular weight is 365 g/mol. The molecular formula is C21H19NO3S. The Kier molecular flexibility index (Phi) is 5.58. The van der Waals surface area contributed by atoms with Crippen molar-refractivity contribution in [2.75, 3.05) is 6.61 Å². The van der Waals surface area contributed by atoms with Crippen LogP contribution in [-0.4, -0.2) is 22.7 Å². The van der Waals surface area contributed by atoms with Crippen LogP contribution in [0.5, 0.6) is 0 Å². The summed E-state index contributed by atoms with van der Waals surface area (Å²) in [7, 11) is 0. The topological polar surface area (TPSA) is 58.9 Å². The van der Waals surface area contributed by atoms with Crippen LogP contribution in [-0.2, 0) is 9.53 Å². The van der Waals surface area contributed by atoms with Gasteiger partial charge >= 0.3 is 5.97 Å². The zero-order chi connectivity index (χ0) is 18.5. The molecule has 0 radical (unpaired) electrons. The maximum Gasteiger partial charge on any atom is 0.344 e. The number of carbonyl (C=O) groups excluding carboxylic acids is 1. The van der Waals surface area contributed by atoms with E-state index < -0.39 is 5.97 Å². The van der Waals surface area contributed by atoms with Crippen molar-refractivity contribution in [1.82, 2.24) is 0 Å². The summed E-state index contributed by atoms with van der Waals surface area (Å²) in [6.45, 7) is 3.92. The molecule has 5 heteroatoms. The van der Waals surface area contributed by atoms with Crippen molar-refractivity contribution in [3.63, 3.8) is 0 Å². The Morgan fingerprint density at radius 1 is 1.15 bits per heavy atom. The number of hydrogen-bond acceptors (Lipinski definition) is 5. The van der Waals surface area contributed by atoms with E-state index >= 15 is 0 Å². The van der Waals surface area contributed by atoms with Gasteiger partial charge in [0.15, 0.2) is 0 Å². The normalized spacial score (nSPS) is 17.2. The maximum atomic E-state index is 12.4. The monoisotopic (exact) mass is 365 g/mol. The van der Waals surface area contributed by atoms with Gasteiger partial charge in [-0.1, -0.05) is 60.3 Å². The number of aliphatic hydroxyl groups is 1. The molecule has 1 aliphatic rings. The summed E-state index contributed by atoms with van der Waals surface area (Å²) in [6.07, 6.45) is 1.83. The van der Waals surface area contributed by atoms with E-state index in [9.17, 15) is 9.90 Å². The van der Waals surface area contributed by atoms with Gasteiger partial charge in [-0.25, -0.2) is 9.79 Å². The molecule has 1 heterocycles. The lowest BCUT2D eigenvalue weighted by Crippen LogP contribution is -2.12. The highest BCUT2D eigenvalue weighted by Crippen LogP contribution is 2.40. The van der Waals surface area contributed by atoms with Crippen LogP contribution in [0.25, 0.3) is 6.08 Å². The van der Waals surface area contributed by atoms with Gasteiger partial charge < -0.3 is 9.84 Å². The van der Waals surface area contributed by atoms with E-state index in [2.05, 4.69) is 4.99 Å². The molecule has 0 amide bonds. The summed E-state index contributed by atoms with van der Waals surface area (Å²) < 4.78 is 5.11. The minimum Gasteiger partial charge on any atom is -0.506 e. The lowest BCUT2D eigenvalue weighted by Gasteiger charge is -2.05. The number of hydrogen-bond donors (Lipinski definition) is 1. The molecule has 0 aliphatic carbocycles. The Balaban J connectivity index is 2.06. The first-order valence-corrected chi connectivity index (χ1v) is 9.11. The summed E-state index contributed by atoms with van der Waals surface area (Å²) in [6, 6.07) is 17.3. The molecule has 26 heavy (non-hydrogen) atoms. The fraction of sp³-hybridized carbons (Fsp3) is 0.143. The zero-order valence-electron chi connectivity index (χ0n) is 14.6. The molecule has 0 atom stereocenters. The van der Waals surface area contributed by atoms with E-state index in [0.29, 0.717) is 9.95 Å². The highest BCUT2D eigenvalue weighted by Gasteiger charge is 2.33. The van der Waals surface area contributed by atoms with Crippen molar-refractivity contribution in [3.05, 3.63) is 82.0 Å². The number of carbonyl (C=O) groups is 1. The van der Waals surface area contributed by atoms with Crippen LogP contribution in [0.2, 0.25) is 0 Å². The van der Waals surface area contributed by atoms with E-state index in [4.69, 9.17) is 4.74 Å². The molecule has 4 nitrogen and oxygen atoms in total. The SMILES string of the molecule is CCOC(=O)C1=C(O)C(=Cc2ccccc2)SC1=Nc1ccccc1C. The van der Waals surface area contributed by atoms with Crippen molar-refractivity contribution in [3.8, 4) is 0 Å². The van der Waals surface area contributed by atoms with E-state index in [1.807, 2.05) is 67.6 Å². The fourth-order valence-corrected chi connectivity index (χ4v) is 3.52. The number of aryl methyl sites for hydroxylation is 1. The third-order valence-corrected chi connectivity index (χ3v) is 4.82. The standard InChI is InChI=1S/C21H19NO3S/c1-3-25-21(24)18-19(23)17(13-15-10-5-4-6-11-15)26-20(18)22-16-12-8-7-9-14(16)2/h4-13,23H,3H2,1-2H3. The van der Waals surface area contributed by atoms with Crippen LogP contribution in [0.4, 0.5) is 5.69 Å². The van der Waals surface area contributed by atoms with E-state index in [0.717, 1.165) is 16.8 Å². The molecule has 0 unspecified atom stereocenters. The Morgan fingerprint density at radius 3 is 2.54 bits per heavy atom. The second-order valence-electron chi connectivity index (χ2n) is 5.67. The lowest BCUT2D eigenvalue weighted by molar-refractivity contribution is -0.138. The van der Waals surface area contributed by atoms with E-state index in [-0.39, 0.29) is 17.9 Å². The second-order valence-corrected chi connectivity index (χ2v) is 6.70. The van der Waals surface area contributed by atoms with Gasteiger partial charge in [-0.05, 0) is 37.1 Å². The van der Waals surface area contributed by atoms with Crippen LogP contribution in [0.3, 0.4) is 0 Å². The summed E-state index contributed by atoms with van der Waals surface area (Å²) in [5.74, 6) is -0.661. The van der Waals surface area contributed by atoms with Crippen LogP contribution in [0.1, 0.15) is 18.1 Å². The summed E-state index contributed by atoms with van der Waals surface area (Å²) in [5, 5.41) is 11.1. The molecule has 2 aromatic carbocycles. The van der Waals surface area contributed by atoms with Gasteiger partial charge in [0.05, 0.1) is 17.2 Å². The number of thioether (sulfide) groups is 1. The number of aliphatic imine (C=N–C) groups is 1. The van der Waals surface area contributed by atoms with Crippen molar-refractivity contribution in [2.45, 2.75) is 13.8 Å². The van der Waals surface area contributed by atoms with Gasteiger partial charge in [-0.2, -0.15) is 0 Å². The molecule has 1 aliphatic heterocycles. The van der Waals surface area contributed by atoms with Gasteiger partial charge in [0.25, 0.3) is 0 Å². The molecule has 3 rings (SSSR count). The number of esters is 1. The quantitative estimate of drug-likeness (QED) is 0.758. The van der Waals surface area contributed by atoms with Gasteiger partial charge in [-0.3, -0.25) is 0 Å². The van der Waals surface area contributed by atoms with E-state index in [1.54, 1.807) is 6.92 Å². The Bertz CT molecular complexity index is 914. The molecule has 2 aromatic rings. The second kappa shape index (κ2) is 8.06. The summed E-state index contributed by atoms with van der Waals surface area (Å²) >= 11 is 1.27. The van der Waals surface area contributed by atoms with Crippen LogP contribution < -0.4 is 0 Å². The van der Waals surface area contributed by atoms with E-state index in [1.165, 1.54) is 11.8 Å². The molecule has 0 aromatic heterocycles. The minimum atomic E-state index is -0.568. The van der Waals surface area contributed by atoms with Gasteiger partial charge in [0.2, 0.25) is 0 Å². The number of nitrogens with zero attached hydrogens (tertiary/aromatic N) is 1. The predicted octanol–water partition coefficient (Wildman–Crippen LogP) is 5.19. The minimum absolute atomic E-state index is 0.0929. The third-order valence-electron chi connectivity index (χ3n) is 3.81. The Hall–Kier alpha value is -2.79. The van der Waals surface area contributed by atoms with Gasteiger partial charge in [0.1, 0.15) is 16.4 Å². The molecule has 132 valence electrons. The van der Waals surface area contributed by atoms with Crippen molar-refractivity contribution in [2.24, 2.45) is 4.99 Å². The molecule has 0 spiro atoms. The first kappa shape index (κ1) is 18.0. The van der Waals surface area contributed by atoms with Crippen molar-refractivity contribution < 1.29 is 14.6 Å². The molecule has 0 saturated heterocycles. The van der Waals surface area contributed by atoms with Crippen LogP contribution in [0.15, 0.2) is 75.8 Å². The van der Waals surface area contributed by atoms with Crippen LogP contribution >= 0.6 is 11.8 Å². The fourth-order valence-electron chi connectivity index (χ4n) is 2.49. The van der Waals surface area contributed by atoms with Crippen LogP contribution in [0, 0.1) is 6.92 Å². The third kappa shape index (κ3) is 3.89. The van der Waals surface area contributed by atoms with Gasteiger partial charge in [-0.15, -0.1) is 0 Å². The maximum absolute atomic E-state index is 12.4. The summed E-state index contributed by atoms with van der Waals surface area (Å²) in [5.41, 5.74) is 2.79.